The first-order chi connectivity index (χ1) is 19.4. The Morgan fingerprint density at radius 3 is 2.30 bits per heavy atom. The lowest BCUT2D eigenvalue weighted by molar-refractivity contribution is -0.142. The minimum absolute atomic E-state index is 0.00357. The van der Waals surface area contributed by atoms with Crippen molar-refractivity contribution in [3.05, 3.63) is 90.0 Å². The third kappa shape index (κ3) is 7.63. The van der Waals surface area contributed by atoms with Crippen molar-refractivity contribution in [1.82, 2.24) is 4.90 Å². The SMILES string of the molecule is CC1(C)CC(Nc2ccc(C(=O)Nc3ccccc3NCC(=O)OCc3ccccc3)cc2)CCN1CC1CC1. The van der Waals surface area contributed by atoms with Gasteiger partial charge in [-0.2, -0.15) is 0 Å². The molecule has 1 saturated carbocycles. The van der Waals surface area contributed by atoms with E-state index in [4.69, 9.17) is 4.74 Å². The fraction of sp³-hybridized carbons (Fsp3) is 0.394. The summed E-state index contributed by atoms with van der Waals surface area (Å²) in [6, 6.07) is 25.0. The van der Waals surface area contributed by atoms with E-state index < -0.39 is 0 Å². The van der Waals surface area contributed by atoms with Crippen molar-refractivity contribution in [2.45, 2.75) is 57.7 Å². The van der Waals surface area contributed by atoms with Crippen molar-refractivity contribution < 1.29 is 14.3 Å². The van der Waals surface area contributed by atoms with Gasteiger partial charge in [0, 0.05) is 35.9 Å². The highest BCUT2D eigenvalue weighted by Gasteiger charge is 2.37. The number of amides is 1. The minimum Gasteiger partial charge on any atom is -0.460 e. The first-order valence-electron chi connectivity index (χ1n) is 14.3. The fourth-order valence-electron chi connectivity index (χ4n) is 5.37. The number of carbonyl (C=O) groups is 2. The van der Waals surface area contributed by atoms with Gasteiger partial charge in [0.05, 0.1) is 11.4 Å². The van der Waals surface area contributed by atoms with Crippen LogP contribution in [0.4, 0.5) is 17.1 Å². The summed E-state index contributed by atoms with van der Waals surface area (Å²) < 4.78 is 5.34. The molecule has 1 saturated heterocycles. The summed E-state index contributed by atoms with van der Waals surface area (Å²) in [5.74, 6) is 0.332. The van der Waals surface area contributed by atoms with Crippen molar-refractivity contribution >= 4 is 28.9 Å². The molecule has 3 N–H and O–H groups in total. The Labute approximate surface area is 237 Å². The zero-order valence-electron chi connectivity index (χ0n) is 23.5. The predicted octanol–water partition coefficient (Wildman–Crippen LogP) is 6.16. The van der Waals surface area contributed by atoms with E-state index in [1.165, 1.54) is 19.4 Å². The molecule has 3 aromatic carbocycles. The molecule has 1 aliphatic heterocycles. The van der Waals surface area contributed by atoms with E-state index in [0.717, 1.165) is 36.6 Å². The summed E-state index contributed by atoms with van der Waals surface area (Å²) in [6.45, 7) is 7.30. The van der Waals surface area contributed by atoms with Crippen LogP contribution in [0.5, 0.6) is 0 Å². The Kier molecular flexibility index (Phi) is 8.70. The molecule has 2 fully saturated rings. The number of nitrogens with one attached hydrogen (secondary N) is 3. The van der Waals surface area contributed by atoms with Crippen molar-refractivity contribution in [3.63, 3.8) is 0 Å². The van der Waals surface area contributed by atoms with Crippen LogP contribution < -0.4 is 16.0 Å². The van der Waals surface area contributed by atoms with Gasteiger partial charge in [0.1, 0.15) is 13.2 Å². The van der Waals surface area contributed by atoms with Crippen molar-refractivity contribution in [2.75, 3.05) is 35.6 Å². The molecular weight excluding hydrogens is 500 g/mol. The first kappa shape index (κ1) is 27.7. The van der Waals surface area contributed by atoms with Gasteiger partial charge in [-0.1, -0.05) is 42.5 Å². The zero-order valence-corrected chi connectivity index (χ0v) is 23.5. The van der Waals surface area contributed by atoms with E-state index in [2.05, 4.69) is 34.7 Å². The first-order valence-corrected chi connectivity index (χ1v) is 14.3. The molecular formula is C33H40N4O3. The van der Waals surface area contributed by atoms with E-state index in [0.29, 0.717) is 23.0 Å². The van der Waals surface area contributed by atoms with Crippen LogP contribution in [0.2, 0.25) is 0 Å². The number of piperidine rings is 1. The molecule has 7 nitrogen and oxygen atoms in total. The van der Waals surface area contributed by atoms with Crippen LogP contribution in [-0.2, 0) is 16.1 Å². The average molecular weight is 541 g/mol. The molecule has 0 radical (unpaired) electrons. The number of benzene rings is 3. The van der Waals surface area contributed by atoms with E-state index in [-0.39, 0.29) is 30.6 Å². The minimum atomic E-state index is -0.370. The lowest BCUT2D eigenvalue weighted by Crippen LogP contribution is -2.53. The molecule has 0 aromatic heterocycles. The molecule has 5 rings (SSSR count). The zero-order chi connectivity index (χ0) is 28.0. The molecule has 1 atom stereocenters. The fourth-order valence-corrected chi connectivity index (χ4v) is 5.37. The van der Waals surface area contributed by atoms with Gasteiger partial charge in [0.25, 0.3) is 5.91 Å². The Morgan fingerprint density at radius 1 is 0.900 bits per heavy atom. The maximum absolute atomic E-state index is 13.0. The molecule has 40 heavy (non-hydrogen) atoms. The van der Waals surface area contributed by atoms with Crippen molar-refractivity contribution in [1.29, 1.82) is 0 Å². The van der Waals surface area contributed by atoms with Crippen LogP contribution >= 0.6 is 0 Å². The van der Waals surface area contributed by atoms with Crippen molar-refractivity contribution in [3.8, 4) is 0 Å². The standard InChI is InChI=1S/C33H40N4O3/c1-33(2)20-28(18-19-37(33)22-24-12-13-24)35-27-16-14-26(15-17-27)32(39)36-30-11-7-6-10-29(30)34-21-31(38)40-23-25-8-4-3-5-9-25/h3-11,14-17,24,28,34-35H,12-13,18-23H2,1-2H3,(H,36,39). The molecule has 1 amide bonds. The second kappa shape index (κ2) is 12.6. The van der Waals surface area contributed by atoms with E-state index in [1.807, 2.05) is 78.9 Å². The normalized spacial score (nSPS) is 18.5. The molecule has 7 heteroatoms. The van der Waals surface area contributed by atoms with Crippen LogP contribution in [0.15, 0.2) is 78.9 Å². The third-order valence-corrected chi connectivity index (χ3v) is 7.88. The number of nitrogens with zero attached hydrogens (tertiary/aromatic N) is 1. The molecule has 3 aromatic rings. The van der Waals surface area contributed by atoms with Gasteiger partial charge in [-0.3, -0.25) is 14.5 Å². The van der Waals surface area contributed by atoms with E-state index in [9.17, 15) is 9.59 Å². The molecule has 1 heterocycles. The highest BCUT2D eigenvalue weighted by atomic mass is 16.5. The summed E-state index contributed by atoms with van der Waals surface area (Å²) >= 11 is 0. The average Bonchev–Trinajstić information content (AvgIpc) is 3.78. The number of carbonyl (C=O) groups excluding carboxylic acids is 2. The Morgan fingerprint density at radius 2 is 1.60 bits per heavy atom. The van der Waals surface area contributed by atoms with Crippen LogP contribution in [0.3, 0.4) is 0 Å². The predicted molar refractivity (Wildman–Crippen MR) is 161 cm³/mol. The largest absolute Gasteiger partial charge is 0.460 e. The Balaban J connectivity index is 1.11. The van der Waals surface area contributed by atoms with E-state index in [1.54, 1.807) is 0 Å². The highest BCUT2D eigenvalue weighted by Crippen LogP contribution is 2.36. The Hall–Kier alpha value is -3.84. The number of likely N-dealkylation sites (tertiary alicyclic amines) is 1. The molecule has 2 aliphatic rings. The Bertz CT molecular complexity index is 1290. The summed E-state index contributed by atoms with van der Waals surface area (Å²) in [4.78, 5) is 27.9. The second-order valence-electron chi connectivity index (χ2n) is 11.6. The maximum atomic E-state index is 13.0. The number of ether oxygens (including phenoxy) is 1. The van der Waals surface area contributed by atoms with Gasteiger partial charge in [-0.25, -0.2) is 0 Å². The number of rotatable bonds is 11. The maximum Gasteiger partial charge on any atom is 0.325 e. The second-order valence-corrected chi connectivity index (χ2v) is 11.6. The van der Waals surface area contributed by atoms with Crippen LogP contribution in [0.25, 0.3) is 0 Å². The lowest BCUT2D eigenvalue weighted by atomic mass is 9.86. The number of hydrogen-bond donors (Lipinski definition) is 3. The van der Waals surface area contributed by atoms with Crippen LogP contribution in [-0.4, -0.2) is 48.0 Å². The smallest absolute Gasteiger partial charge is 0.325 e. The topological polar surface area (TPSA) is 82.7 Å². The molecule has 1 aliphatic carbocycles. The summed E-state index contributed by atoms with van der Waals surface area (Å²) in [7, 11) is 0. The summed E-state index contributed by atoms with van der Waals surface area (Å²) in [5, 5.41) is 9.73. The third-order valence-electron chi connectivity index (χ3n) is 7.88. The van der Waals surface area contributed by atoms with Crippen LogP contribution in [0, 0.1) is 5.92 Å². The number of esters is 1. The number of anilines is 3. The quantitative estimate of drug-likeness (QED) is 0.253. The van der Waals surface area contributed by atoms with E-state index >= 15 is 0 Å². The van der Waals surface area contributed by atoms with Gasteiger partial charge in [0.15, 0.2) is 0 Å². The molecule has 210 valence electrons. The molecule has 0 bridgehead atoms. The summed E-state index contributed by atoms with van der Waals surface area (Å²) in [5.41, 5.74) is 3.99. The monoisotopic (exact) mass is 540 g/mol. The number of para-hydroxylation sites is 2. The molecule has 0 spiro atoms. The van der Waals surface area contributed by atoms with Crippen LogP contribution in [0.1, 0.15) is 55.5 Å². The van der Waals surface area contributed by atoms with Gasteiger partial charge in [-0.05, 0) is 87.4 Å². The van der Waals surface area contributed by atoms with Gasteiger partial charge in [0.2, 0.25) is 0 Å². The highest BCUT2D eigenvalue weighted by molar-refractivity contribution is 6.06. The van der Waals surface area contributed by atoms with Gasteiger partial charge < -0.3 is 20.7 Å². The van der Waals surface area contributed by atoms with Crippen molar-refractivity contribution in [2.24, 2.45) is 5.92 Å². The van der Waals surface area contributed by atoms with Gasteiger partial charge in [-0.15, -0.1) is 0 Å². The van der Waals surface area contributed by atoms with Gasteiger partial charge >= 0.3 is 5.97 Å². The lowest BCUT2D eigenvalue weighted by Gasteiger charge is -2.46. The number of hydrogen-bond acceptors (Lipinski definition) is 6. The summed E-state index contributed by atoms with van der Waals surface area (Å²) in [6.07, 6.45) is 5.01. The molecule has 1 unspecified atom stereocenters.